The van der Waals surface area contributed by atoms with Gasteiger partial charge in [-0.3, -0.25) is 4.79 Å². The van der Waals surface area contributed by atoms with Gasteiger partial charge >= 0.3 is 0 Å². The molecule has 0 unspecified atom stereocenters. The van der Waals surface area contributed by atoms with Gasteiger partial charge in [-0.05, 0) is 12.1 Å². The minimum Gasteiger partial charge on any atom is -0.338 e. The number of nitrogens with zero attached hydrogens (tertiary/aromatic N) is 3. The van der Waals surface area contributed by atoms with Crippen molar-refractivity contribution < 1.29 is 9.32 Å². The van der Waals surface area contributed by atoms with Crippen molar-refractivity contribution in [2.24, 2.45) is 0 Å². The van der Waals surface area contributed by atoms with Gasteiger partial charge in [-0.15, -0.1) is 0 Å². The van der Waals surface area contributed by atoms with E-state index in [2.05, 4.69) is 10.1 Å². The van der Waals surface area contributed by atoms with E-state index in [0.717, 1.165) is 17.2 Å². The number of carbonyl (C=O) groups is 1. The molecule has 0 fully saturated rings. The zero-order valence-electron chi connectivity index (χ0n) is 11.4. The van der Waals surface area contributed by atoms with Crippen LogP contribution < -0.4 is 0 Å². The van der Waals surface area contributed by atoms with Crippen molar-refractivity contribution in [2.45, 2.75) is 26.3 Å². The molecule has 20 heavy (non-hydrogen) atoms. The molecule has 0 saturated carbocycles. The van der Waals surface area contributed by atoms with E-state index in [1.807, 2.05) is 48.9 Å². The van der Waals surface area contributed by atoms with Crippen molar-refractivity contribution in [3.63, 3.8) is 0 Å². The summed E-state index contributed by atoms with van der Waals surface area (Å²) in [6.07, 6.45) is 2.80. The van der Waals surface area contributed by atoms with Crippen LogP contribution in [0, 0.1) is 0 Å². The zero-order valence-corrected chi connectivity index (χ0v) is 11.4. The lowest BCUT2D eigenvalue weighted by Crippen LogP contribution is -1.99. The van der Waals surface area contributed by atoms with E-state index >= 15 is 0 Å². The molecule has 5 heteroatoms. The van der Waals surface area contributed by atoms with Crippen LogP contribution in [0.5, 0.6) is 0 Å². The Bertz CT molecular complexity index is 755. The molecule has 0 saturated heterocycles. The Labute approximate surface area is 116 Å². The van der Waals surface area contributed by atoms with Crippen molar-refractivity contribution >= 4 is 17.2 Å². The Kier molecular flexibility index (Phi) is 3.10. The lowest BCUT2D eigenvalue weighted by atomic mass is 10.1. The van der Waals surface area contributed by atoms with Gasteiger partial charge in [0.05, 0.1) is 0 Å². The predicted octanol–water partition coefficient (Wildman–Crippen LogP) is 3.01. The molecule has 0 N–H and O–H groups in total. The van der Waals surface area contributed by atoms with Crippen LogP contribution in [0.4, 0.5) is 0 Å². The normalized spacial score (nSPS) is 11.3. The van der Waals surface area contributed by atoms with Crippen molar-refractivity contribution in [3.05, 3.63) is 47.7 Å². The summed E-state index contributed by atoms with van der Waals surface area (Å²) in [5.74, 6) is 1.53. The third-order valence-electron chi connectivity index (χ3n) is 3.28. The molecule has 2 heterocycles. The topological polar surface area (TPSA) is 60.9 Å². The minimum absolute atomic E-state index is 0.246. The van der Waals surface area contributed by atoms with E-state index in [4.69, 9.17) is 4.52 Å². The maximum Gasteiger partial charge on any atom is 0.246 e. The van der Waals surface area contributed by atoms with Gasteiger partial charge in [0, 0.05) is 28.6 Å². The van der Waals surface area contributed by atoms with Gasteiger partial charge in [0.2, 0.25) is 5.89 Å². The van der Waals surface area contributed by atoms with E-state index in [1.165, 1.54) is 0 Å². The third-order valence-corrected chi connectivity index (χ3v) is 3.28. The smallest absolute Gasteiger partial charge is 0.246 e. The zero-order chi connectivity index (χ0) is 14.1. The number of aromatic nitrogens is 3. The molecule has 3 rings (SSSR count). The van der Waals surface area contributed by atoms with E-state index in [-0.39, 0.29) is 5.92 Å². The number of hydrogen-bond donors (Lipinski definition) is 0. The first-order valence-electron chi connectivity index (χ1n) is 6.54. The summed E-state index contributed by atoms with van der Waals surface area (Å²) in [5, 5.41) is 4.89. The number of fused-ring (bicyclic) bond motifs is 1. The number of hydrogen-bond acceptors (Lipinski definition) is 4. The Hall–Kier alpha value is -2.43. The minimum atomic E-state index is 0.246. The van der Waals surface area contributed by atoms with E-state index < -0.39 is 0 Å². The standard InChI is InChI=1S/C15H15N3O2/c1-10(2)15-16-14(20-17-15)8-18-7-6-12-11(9-19)4-3-5-13(12)18/h3-7,9-10H,8H2,1-2H3. The average molecular weight is 269 g/mol. The molecule has 1 aromatic carbocycles. The van der Waals surface area contributed by atoms with Crippen LogP contribution in [0.25, 0.3) is 10.9 Å². The maximum atomic E-state index is 11.0. The number of benzene rings is 1. The van der Waals surface area contributed by atoms with Crippen molar-refractivity contribution in [2.75, 3.05) is 0 Å². The van der Waals surface area contributed by atoms with Crippen LogP contribution in [0.15, 0.2) is 35.0 Å². The molecule has 0 aliphatic carbocycles. The predicted molar refractivity (Wildman–Crippen MR) is 74.8 cm³/mol. The van der Waals surface area contributed by atoms with Crippen LogP contribution in [-0.4, -0.2) is 21.0 Å². The number of aldehydes is 1. The van der Waals surface area contributed by atoms with Crippen LogP contribution >= 0.6 is 0 Å². The van der Waals surface area contributed by atoms with Crippen LogP contribution in [-0.2, 0) is 6.54 Å². The molecule has 0 radical (unpaired) electrons. The first-order chi connectivity index (χ1) is 9.69. The highest BCUT2D eigenvalue weighted by Gasteiger charge is 2.11. The summed E-state index contributed by atoms with van der Waals surface area (Å²) in [6, 6.07) is 7.58. The van der Waals surface area contributed by atoms with Crippen molar-refractivity contribution in [1.29, 1.82) is 0 Å². The molecule has 0 amide bonds. The molecule has 102 valence electrons. The number of rotatable bonds is 4. The Balaban J connectivity index is 1.96. The SMILES string of the molecule is CC(C)c1noc(Cn2ccc3c(C=O)cccc32)n1. The summed E-state index contributed by atoms with van der Waals surface area (Å²) in [7, 11) is 0. The molecular formula is C15H15N3O2. The van der Waals surface area contributed by atoms with E-state index in [1.54, 1.807) is 0 Å². The largest absolute Gasteiger partial charge is 0.338 e. The maximum absolute atomic E-state index is 11.0. The summed E-state index contributed by atoms with van der Waals surface area (Å²) in [5.41, 5.74) is 1.67. The second-order valence-corrected chi connectivity index (χ2v) is 5.04. The fourth-order valence-corrected chi connectivity index (χ4v) is 2.20. The highest BCUT2D eigenvalue weighted by atomic mass is 16.5. The summed E-state index contributed by atoms with van der Waals surface area (Å²) < 4.78 is 7.25. The molecule has 5 nitrogen and oxygen atoms in total. The van der Waals surface area contributed by atoms with Crippen LogP contribution in [0.3, 0.4) is 0 Å². The first kappa shape index (κ1) is 12.6. The van der Waals surface area contributed by atoms with Crippen LogP contribution in [0.2, 0.25) is 0 Å². The fraction of sp³-hybridized carbons (Fsp3) is 0.267. The monoisotopic (exact) mass is 269 g/mol. The molecule has 0 bridgehead atoms. The second kappa shape index (κ2) is 4.92. The van der Waals surface area contributed by atoms with Crippen molar-refractivity contribution in [1.82, 2.24) is 14.7 Å². The van der Waals surface area contributed by atoms with Gasteiger partial charge in [0.1, 0.15) is 6.54 Å². The Morgan fingerprint density at radius 3 is 2.90 bits per heavy atom. The van der Waals surface area contributed by atoms with Gasteiger partial charge in [0.25, 0.3) is 0 Å². The van der Waals surface area contributed by atoms with Gasteiger partial charge in [-0.2, -0.15) is 4.98 Å². The lowest BCUT2D eigenvalue weighted by molar-refractivity contribution is 0.112. The second-order valence-electron chi connectivity index (χ2n) is 5.04. The van der Waals surface area contributed by atoms with Crippen molar-refractivity contribution in [3.8, 4) is 0 Å². The quantitative estimate of drug-likeness (QED) is 0.683. The lowest BCUT2D eigenvalue weighted by Gasteiger charge is -2.02. The summed E-state index contributed by atoms with van der Waals surface area (Å²) in [4.78, 5) is 15.4. The summed E-state index contributed by atoms with van der Waals surface area (Å²) >= 11 is 0. The van der Waals surface area contributed by atoms with Gasteiger partial charge in [-0.1, -0.05) is 31.1 Å². The van der Waals surface area contributed by atoms with Gasteiger partial charge in [0.15, 0.2) is 12.1 Å². The highest BCUT2D eigenvalue weighted by Crippen LogP contribution is 2.20. The molecule has 0 aliphatic heterocycles. The number of carbonyl (C=O) groups excluding carboxylic acids is 1. The molecular weight excluding hydrogens is 254 g/mol. The Morgan fingerprint density at radius 2 is 2.20 bits per heavy atom. The average Bonchev–Trinajstić information content (AvgIpc) is 3.06. The van der Waals surface area contributed by atoms with Crippen LogP contribution in [0.1, 0.15) is 41.8 Å². The van der Waals surface area contributed by atoms with Gasteiger partial charge < -0.3 is 9.09 Å². The van der Waals surface area contributed by atoms with Gasteiger partial charge in [-0.25, -0.2) is 0 Å². The molecule has 0 aliphatic rings. The Morgan fingerprint density at radius 1 is 1.35 bits per heavy atom. The molecule has 0 spiro atoms. The first-order valence-corrected chi connectivity index (χ1v) is 6.54. The molecule has 0 atom stereocenters. The molecule has 2 aromatic heterocycles. The third kappa shape index (κ3) is 2.11. The fourth-order valence-electron chi connectivity index (χ4n) is 2.20. The molecule has 3 aromatic rings. The summed E-state index contributed by atoms with van der Waals surface area (Å²) in [6.45, 7) is 4.55. The van der Waals surface area contributed by atoms with E-state index in [9.17, 15) is 4.79 Å². The highest BCUT2D eigenvalue weighted by molar-refractivity contribution is 5.97. The van der Waals surface area contributed by atoms with E-state index in [0.29, 0.717) is 23.8 Å².